The molecule has 24 heavy (non-hydrogen) atoms. The fourth-order valence-corrected chi connectivity index (χ4v) is 2.05. The largest absolute Gasteiger partial charge is 0.454 e. The summed E-state index contributed by atoms with van der Waals surface area (Å²) in [5.41, 5.74) is 0.992. The van der Waals surface area contributed by atoms with E-state index in [0.717, 1.165) is 0 Å². The van der Waals surface area contributed by atoms with Crippen molar-refractivity contribution in [1.29, 1.82) is 0 Å². The number of halogens is 1. The topological polar surface area (TPSA) is 77.9 Å². The number of hydrogen-bond donors (Lipinski definition) is 0. The highest BCUT2D eigenvalue weighted by molar-refractivity contribution is 5.95. The van der Waals surface area contributed by atoms with Crippen LogP contribution in [-0.2, 0) is 6.42 Å². The molecule has 0 N–H and O–H groups in total. The summed E-state index contributed by atoms with van der Waals surface area (Å²) in [6.07, 6.45) is 5.94. The summed E-state index contributed by atoms with van der Waals surface area (Å²) in [6, 6.07) is 5.95. The molecule has 0 saturated heterocycles. The van der Waals surface area contributed by atoms with Crippen LogP contribution in [0.15, 0.2) is 49.2 Å². The minimum atomic E-state index is -0.398. The van der Waals surface area contributed by atoms with E-state index in [-0.39, 0.29) is 23.6 Å². The molecule has 0 spiro atoms. The summed E-state index contributed by atoms with van der Waals surface area (Å²) in [4.78, 5) is 28.2. The molecule has 0 aliphatic carbocycles. The van der Waals surface area contributed by atoms with Crippen LogP contribution in [0.5, 0.6) is 11.5 Å². The lowest BCUT2D eigenvalue weighted by molar-refractivity contribution is 0.0986. The van der Waals surface area contributed by atoms with Gasteiger partial charge in [0.15, 0.2) is 11.5 Å². The van der Waals surface area contributed by atoms with Gasteiger partial charge < -0.3 is 4.74 Å². The van der Waals surface area contributed by atoms with Crippen LogP contribution < -0.4 is 4.74 Å². The van der Waals surface area contributed by atoms with E-state index in [9.17, 15) is 9.18 Å². The Morgan fingerprint density at radius 3 is 2.71 bits per heavy atom. The van der Waals surface area contributed by atoms with Gasteiger partial charge in [-0.3, -0.25) is 14.8 Å². The highest BCUT2D eigenvalue weighted by atomic mass is 19.1. The molecule has 0 radical (unpaired) electrons. The predicted molar refractivity (Wildman–Crippen MR) is 83.3 cm³/mol. The van der Waals surface area contributed by atoms with Crippen LogP contribution in [0.25, 0.3) is 0 Å². The van der Waals surface area contributed by atoms with Gasteiger partial charge in [0.2, 0.25) is 0 Å². The maximum absolute atomic E-state index is 13.2. The number of carbonyl (C=O) groups excluding carboxylic acids is 1. The van der Waals surface area contributed by atoms with Gasteiger partial charge in [-0.05, 0) is 25.1 Å². The number of carbonyl (C=O) groups is 1. The molecule has 0 aliphatic heterocycles. The Morgan fingerprint density at radius 2 is 1.96 bits per heavy atom. The van der Waals surface area contributed by atoms with E-state index in [0.29, 0.717) is 17.2 Å². The van der Waals surface area contributed by atoms with Gasteiger partial charge in [-0.15, -0.1) is 0 Å². The van der Waals surface area contributed by atoms with Crippen LogP contribution in [0, 0.1) is 12.7 Å². The minimum Gasteiger partial charge on any atom is -0.454 e. The summed E-state index contributed by atoms with van der Waals surface area (Å²) in [5.74, 6) is 0.275. The van der Waals surface area contributed by atoms with Crippen molar-refractivity contribution in [1.82, 2.24) is 19.9 Å². The highest BCUT2D eigenvalue weighted by Crippen LogP contribution is 2.20. The zero-order chi connectivity index (χ0) is 16.9. The highest BCUT2D eigenvalue weighted by Gasteiger charge is 2.12. The lowest BCUT2D eigenvalue weighted by atomic mass is 10.1. The number of ether oxygens (including phenoxy) is 1. The molecular weight excluding hydrogens is 311 g/mol. The number of aryl methyl sites for hydroxylation is 1. The van der Waals surface area contributed by atoms with Crippen molar-refractivity contribution in [3.63, 3.8) is 0 Å². The smallest absolute Gasteiger partial charge is 0.187 e. The Balaban J connectivity index is 1.75. The molecule has 0 aromatic carbocycles. The molecule has 7 heteroatoms. The molecule has 0 amide bonds. The Bertz CT molecular complexity index is 871. The van der Waals surface area contributed by atoms with Gasteiger partial charge in [0.1, 0.15) is 23.6 Å². The first-order chi connectivity index (χ1) is 11.6. The molecule has 0 saturated carbocycles. The number of pyridine rings is 2. The standard InChI is InChI=1S/C17H13FN4O2/c1-11-15(18)3-2-12(22-11)6-17(23)16-7-13(4-5-21-16)24-14-8-19-10-20-9-14/h2-5,7-10H,6H2,1H3. The van der Waals surface area contributed by atoms with E-state index < -0.39 is 5.82 Å². The molecule has 6 nitrogen and oxygen atoms in total. The average molecular weight is 324 g/mol. The van der Waals surface area contributed by atoms with Crippen molar-refractivity contribution in [2.75, 3.05) is 0 Å². The zero-order valence-corrected chi connectivity index (χ0v) is 12.8. The van der Waals surface area contributed by atoms with Crippen molar-refractivity contribution >= 4 is 5.78 Å². The Morgan fingerprint density at radius 1 is 1.17 bits per heavy atom. The van der Waals surface area contributed by atoms with E-state index in [1.165, 1.54) is 43.1 Å². The number of aromatic nitrogens is 4. The van der Waals surface area contributed by atoms with E-state index in [2.05, 4.69) is 19.9 Å². The fourth-order valence-electron chi connectivity index (χ4n) is 2.05. The number of rotatable bonds is 5. The third-order valence-corrected chi connectivity index (χ3v) is 3.21. The second kappa shape index (κ2) is 6.91. The van der Waals surface area contributed by atoms with Crippen LogP contribution in [0.2, 0.25) is 0 Å². The lowest BCUT2D eigenvalue weighted by Crippen LogP contribution is -2.08. The van der Waals surface area contributed by atoms with Gasteiger partial charge in [0.05, 0.1) is 24.5 Å². The summed E-state index contributed by atoms with van der Waals surface area (Å²) in [7, 11) is 0. The van der Waals surface area contributed by atoms with Crippen molar-refractivity contribution < 1.29 is 13.9 Å². The maximum atomic E-state index is 13.2. The number of Topliss-reactive ketones (excluding diaryl/α,β-unsaturated/α-hetero) is 1. The van der Waals surface area contributed by atoms with Crippen LogP contribution in [0.4, 0.5) is 4.39 Å². The van der Waals surface area contributed by atoms with Crippen LogP contribution in [-0.4, -0.2) is 25.7 Å². The SMILES string of the molecule is Cc1nc(CC(=O)c2cc(Oc3cncnc3)ccn2)ccc1F. The first kappa shape index (κ1) is 15.7. The van der Waals surface area contributed by atoms with Crippen LogP contribution in [0.3, 0.4) is 0 Å². The van der Waals surface area contributed by atoms with Crippen LogP contribution >= 0.6 is 0 Å². The molecule has 120 valence electrons. The quantitative estimate of drug-likeness (QED) is 0.672. The second-order valence-corrected chi connectivity index (χ2v) is 5.02. The fraction of sp³-hybridized carbons (Fsp3) is 0.118. The Kier molecular flexibility index (Phi) is 4.51. The van der Waals surface area contributed by atoms with Crippen molar-refractivity contribution in [3.05, 3.63) is 72.1 Å². The molecular formula is C17H13FN4O2. The molecule has 0 unspecified atom stereocenters. The number of hydrogen-bond acceptors (Lipinski definition) is 6. The summed E-state index contributed by atoms with van der Waals surface area (Å²) < 4.78 is 18.8. The van der Waals surface area contributed by atoms with Gasteiger partial charge in [0, 0.05) is 18.0 Å². The Hall–Kier alpha value is -3.22. The van der Waals surface area contributed by atoms with Gasteiger partial charge >= 0.3 is 0 Å². The maximum Gasteiger partial charge on any atom is 0.187 e. The average Bonchev–Trinajstić information content (AvgIpc) is 2.59. The molecule has 3 aromatic heterocycles. The Labute approximate surface area is 137 Å². The normalized spacial score (nSPS) is 10.4. The van der Waals surface area contributed by atoms with E-state index in [4.69, 9.17) is 4.74 Å². The minimum absolute atomic E-state index is 0.0338. The summed E-state index contributed by atoms with van der Waals surface area (Å²) in [5, 5.41) is 0. The molecule has 0 aliphatic rings. The van der Waals surface area contributed by atoms with E-state index >= 15 is 0 Å². The van der Waals surface area contributed by atoms with Gasteiger partial charge in [-0.1, -0.05) is 0 Å². The monoisotopic (exact) mass is 324 g/mol. The molecule has 0 bridgehead atoms. The van der Waals surface area contributed by atoms with Crippen molar-refractivity contribution in [3.8, 4) is 11.5 Å². The molecule has 0 fully saturated rings. The summed E-state index contributed by atoms with van der Waals surface area (Å²) in [6.45, 7) is 1.55. The molecule has 0 atom stereocenters. The van der Waals surface area contributed by atoms with Crippen molar-refractivity contribution in [2.45, 2.75) is 13.3 Å². The molecule has 3 rings (SSSR count). The summed E-state index contributed by atoms with van der Waals surface area (Å²) >= 11 is 0. The third-order valence-electron chi connectivity index (χ3n) is 3.21. The second-order valence-electron chi connectivity index (χ2n) is 5.02. The third kappa shape index (κ3) is 3.75. The number of ketones is 1. The lowest BCUT2D eigenvalue weighted by Gasteiger charge is -2.06. The van der Waals surface area contributed by atoms with E-state index in [1.807, 2.05) is 0 Å². The predicted octanol–water partition coefficient (Wildman–Crippen LogP) is 2.93. The van der Waals surface area contributed by atoms with Gasteiger partial charge in [-0.2, -0.15) is 0 Å². The van der Waals surface area contributed by atoms with Crippen LogP contribution in [0.1, 0.15) is 21.9 Å². The first-order valence-corrected chi connectivity index (χ1v) is 7.16. The van der Waals surface area contributed by atoms with Gasteiger partial charge in [-0.25, -0.2) is 14.4 Å². The van der Waals surface area contributed by atoms with Gasteiger partial charge in [0.25, 0.3) is 0 Å². The molecule has 3 heterocycles. The molecule has 3 aromatic rings. The number of nitrogens with zero attached hydrogens (tertiary/aromatic N) is 4. The van der Waals surface area contributed by atoms with E-state index in [1.54, 1.807) is 13.0 Å². The first-order valence-electron chi connectivity index (χ1n) is 7.16. The zero-order valence-electron chi connectivity index (χ0n) is 12.8. The van der Waals surface area contributed by atoms with Crippen molar-refractivity contribution in [2.24, 2.45) is 0 Å².